The largest absolute Gasteiger partial charge is 0.329 e. The summed E-state index contributed by atoms with van der Waals surface area (Å²) < 4.78 is 25.3. The average molecular weight is 280 g/mol. The van der Waals surface area contributed by atoms with Crippen LogP contribution >= 0.6 is 0 Å². The van der Waals surface area contributed by atoms with Crippen molar-refractivity contribution in [3.8, 4) is 0 Å². The minimum atomic E-state index is -2.32. The van der Waals surface area contributed by atoms with E-state index in [1.54, 1.807) is 0 Å². The first kappa shape index (κ1) is 14.0. The van der Waals surface area contributed by atoms with Crippen molar-refractivity contribution in [1.82, 2.24) is 5.32 Å². The fraction of sp³-hybridized carbons (Fsp3) is 0.625. The van der Waals surface area contributed by atoms with E-state index < -0.39 is 6.43 Å². The summed E-state index contributed by atoms with van der Waals surface area (Å²) in [5, 5.41) is 3.15. The maximum atomic E-state index is 12.6. The molecular formula is C16H22F2N2. The van der Waals surface area contributed by atoms with Gasteiger partial charge in [0.05, 0.1) is 6.54 Å². The molecule has 0 aromatic heterocycles. The zero-order valence-electron chi connectivity index (χ0n) is 11.6. The van der Waals surface area contributed by atoms with E-state index >= 15 is 0 Å². The predicted molar refractivity (Wildman–Crippen MR) is 75.9 cm³/mol. The molecule has 2 aliphatic carbocycles. The summed E-state index contributed by atoms with van der Waals surface area (Å²) in [6.45, 7) is 0.198. The van der Waals surface area contributed by atoms with E-state index in [-0.39, 0.29) is 12.1 Å². The fourth-order valence-corrected chi connectivity index (χ4v) is 4.27. The van der Waals surface area contributed by atoms with Crippen LogP contribution in [0.15, 0.2) is 24.3 Å². The summed E-state index contributed by atoms with van der Waals surface area (Å²) in [7, 11) is 0. The number of alkyl halides is 2. The van der Waals surface area contributed by atoms with Crippen LogP contribution in [0.25, 0.3) is 0 Å². The molecule has 0 spiro atoms. The smallest absolute Gasteiger partial charge is 0.250 e. The molecule has 1 aromatic rings. The van der Waals surface area contributed by atoms with E-state index in [2.05, 4.69) is 29.6 Å². The van der Waals surface area contributed by atoms with Crippen molar-refractivity contribution < 1.29 is 8.78 Å². The molecule has 0 amide bonds. The van der Waals surface area contributed by atoms with Crippen molar-refractivity contribution in [3.05, 3.63) is 35.4 Å². The number of fused-ring (bicyclic) bond motifs is 3. The van der Waals surface area contributed by atoms with Crippen molar-refractivity contribution in [2.45, 2.75) is 37.6 Å². The summed E-state index contributed by atoms with van der Waals surface area (Å²) in [6.07, 6.45) is 1.78. The summed E-state index contributed by atoms with van der Waals surface area (Å²) >= 11 is 0. The van der Waals surface area contributed by atoms with Gasteiger partial charge in [0.15, 0.2) is 0 Å². The summed E-state index contributed by atoms with van der Waals surface area (Å²) in [5.41, 5.74) is 8.48. The number of hydrogen-bond acceptors (Lipinski definition) is 2. The highest BCUT2D eigenvalue weighted by Crippen LogP contribution is 2.46. The standard InChI is InChI=1S/C16H22F2N2/c17-15(18)9-20-16(10-19)13-5-6-14(16)8-12-4-2-1-3-11(12)7-13/h1-4,13-15,20H,5-10,19H2. The molecule has 110 valence electrons. The lowest BCUT2D eigenvalue weighted by Gasteiger charge is -2.39. The van der Waals surface area contributed by atoms with Crippen molar-refractivity contribution in [3.63, 3.8) is 0 Å². The highest BCUT2D eigenvalue weighted by Gasteiger charge is 2.50. The molecule has 4 heteroatoms. The van der Waals surface area contributed by atoms with Crippen LogP contribution in [0.2, 0.25) is 0 Å². The van der Waals surface area contributed by atoms with E-state index in [1.165, 1.54) is 11.1 Å². The number of nitrogens with one attached hydrogen (secondary N) is 1. The van der Waals surface area contributed by atoms with Gasteiger partial charge >= 0.3 is 0 Å². The molecule has 0 aliphatic heterocycles. The zero-order valence-corrected chi connectivity index (χ0v) is 11.6. The fourth-order valence-electron chi connectivity index (χ4n) is 4.27. The van der Waals surface area contributed by atoms with Gasteiger partial charge in [0.2, 0.25) is 0 Å². The third-order valence-corrected chi connectivity index (χ3v) is 5.29. The van der Waals surface area contributed by atoms with Crippen molar-refractivity contribution in [2.24, 2.45) is 17.6 Å². The molecule has 2 nitrogen and oxygen atoms in total. The Labute approximate surface area is 118 Å². The molecule has 0 saturated heterocycles. The summed E-state index contributed by atoms with van der Waals surface area (Å²) in [6, 6.07) is 8.47. The second-order valence-corrected chi connectivity index (χ2v) is 6.16. The Hall–Kier alpha value is -1.00. The van der Waals surface area contributed by atoms with Gasteiger partial charge in [0.25, 0.3) is 6.43 Å². The molecule has 1 fully saturated rings. The average Bonchev–Trinajstić information content (AvgIpc) is 2.68. The predicted octanol–water partition coefficient (Wildman–Crippen LogP) is 2.36. The van der Waals surface area contributed by atoms with Gasteiger partial charge in [0.1, 0.15) is 0 Å². The Morgan fingerprint density at radius 1 is 1.15 bits per heavy atom. The zero-order chi connectivity index (χ0) is 14.2. The normalized spacial score (nSPS) is 32.2. The Balaban J connectivity index is 1.90. The SMILES string of the molecule is NCC1(NCC(F)F)C2CCC1Cc1ccccc1C2. The first-order valence-electron chi connectivity index (χ1n) is 7.45. The molecule has 2 unspecified atom stereocenters. The van der Waals surface area contributed by atoms with E-state index in [4.69, 9.17) is 5.73 Å². The molecule has 0 heterocycles. The van der Waals surface area contributed by atoms with Gasteiger partial charge in [-0.3, -0.25) is 0 Å². The van der Waals surface area contributed by atoms with Crippen LogP contribution in [0.3, 0.4) is 0 Å². The molecule has 3 N–H and O–H groups in total. The first-order chi connectivity index (χ1) is 9.65. The van der Waals surface area contributed by atoms with E-state index in [0.717, 1.165) is 25.7 Å². The van der Waals surface area contributed by atoms with E-state index in [9.17, 15) is 8.78 Å². The maximum Gasteiger partial charge on any atom is 0.250 e. The van der Waals surface area contributed by atoms with Gasteiger partial charge in [0, 0.05) is 12.1 Å². The second kappa shape index (κ2) is 5.41. The van der Waals surface area contributed by atoms with Crippen molar-refractivity contribution in [1.29, 1.82) is 0 Å². The molecule has 0 radical (unpaired) electrons. The van der Waals surface area contributed by atoms with Gasteiger partial charge in [-0.2, -0.15) is 0 Å². The molecule has 2 bridgehead atoms. The quantitative estimate of drug-likeness (QED) is 0.888. The van der Waals surface area contributed by atoms with Crippen LogP contribution < -0.4 is 11.1 Å². The van der Waals surface area contributed by atoms with Crippen LogP contribution in [0.4, 0.5) is 8.78 Å². The van der Waals surface area contributed by atoms with Crippen LogP contribution in [0.5, 0.6) is 0 Å². The summed E-state index contributed by atoms with van der Waals surface area (Å²) in [5.74, 6) is 0.750. The van der Waals surface area contributed by atoms with Gasteiger partial charge in [-0.1, -0.05) is 24.3 Å². The van der Waals surface area contributed by atoms with Gasteiger partial charge in [-0.25, -0.2) is 8.78 Å². The lowest BCUT2D eigenvalue weighted by molar-refractivity contribution is 0.107. The maximum absolute atomic E-state index is 12.6. The molecule has 20 heavy (non-hydrogen) atoms. The Bertz CT molecular complexity index is 442. The monoisotopic (exact) mass is 280 g/mol. The molecule has 2 atom stereocenters. The lowest BCUT2D eigenvalue weighted by atomic mass is 9.79. The van der Waals surface area contributed by atoms with E-state index in [0.29, 0.717) is 18.4 Å². The Morgan fingerprint density at radius 3 is 2.15 bits per heavy atom. The highest BCUT2D eigenvalue weighted by molar-refractivity contribution is 5.32. The summed E-state index contributed by atoms with van der Waals surface area (Å²) in [4.78, 5) is 0. The van der Waals surface area contributed by atoms with Gasteiger partial charge < -0.3 is 11.1 Å². The third kappa shape index (κ3) is 2.25. The molecule has 1 aromatic carbocycles. The minimum Gasteiger partial charge on any atom is -0.329 e. The topological polar surface area (TPSA) is 38.0 Å². The van der Waals surface area contributed by atoms with Gasteiger partial charge in [-0.15, -0.1) is 0 Å². The number of nitrogens with two attached hydrogens (primary N) is 1. The van der Waals surface area contributed by atoms with Crippen LogP contribution in [0.1, 0.15) is 24.0 Å². The van der Waals surface area contributed by atoms with Crippen LogP contribution in [-0.4, -0.2) is 25.1 Å². The third-order valence-electron chi connectivity index (χ3n) is 5.29. The van der Waals surface area contributed by atoms with Crippen molar-refractivity contribution >= 4 is 0 Å². The lowest BCUT2D eigenvalue weighted by Crippen LogP contribution is -2.59. The number of hydrogen-bond donors (Lipinski definition) is 2. The number of rotatable bonds is 4. The molecule has 1 saturated carbocycles. The van der Waals surface area contributed by atoms with E-state index in [1.807, 2.05) is 0 Å². The Kier molecular flexibility index (Phi) is 3.78. The van der Waals surface area contributed by atoms with Crippen molar-refractivity contribution in [2.75, 3.05) is 13.1 Å². The van der Waals surface area contributed by atoms with Gasteiger partial charge in [-0.05, 0) is 48.6 Å². The van der Waals surface area contributed by atoms with Crippen LogP contribution in [-0.2, 0) is 12.8 Å². The molecule has 2 aliphatic rings. The highest BCUT2D eigenvalue weighted by atomic mass is 19.3. The van der Waals surface area contributed by atoms with Crippen LogP contribution in [0, 0.1) is 11.8 Å². The Morgan fingerprint density at radius 2 is 1.70 bits per heavy atom. The minimum absolute atomic E-state index is 0.249. The molecule has 3 rings (SSSR count). The number of benzene rings is 1. The second-order valence-electron chi connectivity index (χ2n) is 6.16. The first-order valence-corrected chi connectivity index (χ1v) is 7.45. The number of halogens is 2. The molecular weight excluding hydrogens is 258 g/mol.